The minimum Gasteiger partial charge on any atom is -0.385 e. The van der Waals surface area contributed by atoms with Crippen LogP contribution in [-0.4, -0.2) is 21.4 Å². The Hall–Kier alpha value is -1.60. The van der Waals surface area contributed by atoms with Crippen LogP contribution < -0.4 is 0 Å². The van der Waals surface area contributed by atoms with Crippen LogP contribution in [0, 0.1) is 11.8 Å². The summed E-state index contributed by atoms with van der Waals surface area (Å²) in [4.78, 5) is 0. The summed E-state index contributed by atoms with van der Waals surface area (Å²) in [7, 11) is 0. The number of aliphatic hydroxyl groups is 2. The van der Waals surface area contributed by atoms with E-state index < -0.39 is 11.2 Å². The van der Waals surface area contributed by atoms with E-state index in [1.807, 2.05) is 6.08 Å². The van der Waals surface area contributed by atoms with Gasteiger partial charge in [0.1, 0.15) is 5.60 Å². The first-order valence-electron chi connectivity index (χ1n) is 8.49. The van der Waals surface area contributed by atoms with Crippen molar-refractivity contribution in [2.75, 3.05) is 0 Å². The van der Waals surface area contributed by atoms with Crippen LogP contribution in [0.3, 0.4) is 0 Å². The number of rotatable bonds is 2. The van der Waals surface area contributed by atoms with E-state index in [1.54, 1.807) is 27.7 Å². The van der Waals surface area contributed by atoms with Gasteiger partial charge in [-0.15, -0.1) is 0 Å². The molecule has 0 saturated heterocycles. The normalized spacial score (nSPS) is 14.6. The molecule has 0 aromatic heterocycles. The Bertz CT molecular complexity index is 919. The van der Waals surface area contributed by atoms with Crippen molar-refractivity contribution in [3.05, 3.63) is 51.0 Å². The van der Waals surface area contributed by atoms with Gasteiger partial charge in [0.15, 0.2) is 0 Å². The first kappa shape index (κ1) is 18.2. The maximum absolute atomic E-state index is 10.5. The summed E-state index contributed by atoms with van der Waals surface area (Å²) in [6, 6.07) is 8.54. The summed E-state index contributed by atoms with van der Waals surface area (Å²) in [5.41, 5.74) is 2.16. The molecule has 0 unspecified atom stereocenters. The minimum absolute atomic E-state index is 0.584. The second-order valence-corrected chi connectivity index (χ2v) is 8.55. The van der Waals surface area contributed by atoms with Gasteiger partial charge >= 0.3 is 0 Å². The van der Waals surface area contributed by atoms with Crippen LogP contribution in [0.5, 0.6) is 0 Å². The number of aryl methyl sites for hydroxylation is 2. The zero-order chi connectivity index (χ0) is 18.4. The predicted octanol–water partition coefficient (Wildman–Crippen LogP) is 4.63. The van der Waals surface area contributed by atoms with Crippen molar-refractivity contribution in [3.63, 3.8) is 0 Å². The van der Waals surface area contributed by atoms with Crippen molar-refractivity contribution in [2.45, 2.75) is 51.7 Å². The van der Waals surface area contributed by atoms with Crippen LogP contribution in [0.4, 0.5) is 0 Å². The van der Waals surface area contributed by atoms with E-state index in [9.17, 15) is 10.2 Å². The molecule has 0 saturated carbocycles. The molecular weight excluding hydrogens is 376 g/mol. The number of hydrogen-bond acceptors (Lipinski definition) is 2. The van der Waals surface area contributed by atoms with Crippen molar-refractivity contribution >= 4 is 32.8 Å². The molecule has 2 aromatic carbocycles. The van der Waals surface area contributed by atoms with Crippen LogP contribution in [0.1, 0.15) is 44.4 Å². The Kier molecular flexibility index (Phi) is 4.58. The van der Waals surface area contributed by atoms with E-state index in [0.29, 0.717) is 5.57 Å². The smallest absolute Gasteiger partial charge is 0.120 e. The molecule has 2 N–H and O–H groups in total. The maximum Gasteiger partial charge on any atom is 0.120 e. The molecule has 0 spiro atoms. The highest BCUT2D eigenvalue weighted by atomic mass is 79.9. The zero-order valence-corrected chi connectivity index (χ0v) is 16.7. The highest BCUT2D eigenvalue weighted by Crippen LogP contribution is 2.38. The van der Waals surface area contributed by atoms with E-state index in [2.05, 4.69) is 52.0 Å². The Balaban J connectivity index is 2.24. The molecule has 3 rings (SSSR count). The molecule has 0 bridgehead atoms. The Labute approximate surface area is 157 Å². The second-order valence-electron chi connectivity index (χ2n) is 7.70. The summed E-state index contributed by atoms with van der Waals surface area (Å²) < 4.78 is 1.05. The van der Waals surface area contributed by atoms with Crippen LogP contribution in [0.2, 0.25) is 0 Å². The van der Waals surface area contributed by atoms with Gasteiger partial charge in [-0.05, 0) is 74.8 Å². The lowest BCUT2D eigenvalue weighted by atomic mass is 9.92. The molecular formula is C22H23BrO2. The van der Waals surface area contributed by atoms with Crippen LogP contribution in [0.25, 0.3) is 16.8 Å². The summed E-state index contributed by atoms with van der Waals surface area (Å²) in [6.07, 6.45) is 4.08. The molecule has 3 heteroatoms. The highest BCUT2D eigenvalue weighted by Gasteiger charge is 2.21. The number of halogens is 1. The Morgan fingerprint density at radius 1 is 1.00 bits per heavy atom. The third kappa shape index (κ3) is 3.82. The van der Waals surface area contributed by atoms with Gasteiger partial charge in [-0.2, -0.15) is 0 Å². The van der Waals surface area contributed by atoms with E-state index in [0.717, 1.165) is 22.9 Å². The van der Waals surface area contributed by atoms with Gasteiger partial charge in [-0.25, -0.2) is 0 Å². The summed E-state index contributed by atoms with van der Waals surface area (Å²) in [5.74, 6) is 5.79. The van der Waals surface area contributed by atoms with Gasteiger partial charge in [-0.1, -0.05) is 46.0 Å². The Morgan fingerprint density at radius 3 is 2.16 bits per heavy atom. The van der Waals surface area contributed by atoms with Crippen molar-refractivity contribution in [2.24, 2.45) is 0 Å². The first-order valence-corrected chi connectivity index (χ1v) is 9.29. The van der Waals surface area contributed by atoms with Crippen LogP contribution in [0.15, 0.2) is 34.3 Å². The third-order valence-electron chi connectivity index (χ3n) is 4.44. The van der Waals surface area contributed by atoms with Crippen molar-refractivity contribution in [1.29, 1.82) is 0 Å². The molecule has 0 atom stereocenters. The largest absolute Gasteiger partial charge is 0.385 e. The van der Waals surface area contributed by atoms with Crippen LogP contribution >= 0.6 is 15.9 Å². The van der Waals surface area contributed by atoms with Gasteiger partial charge in [0.25, 0.3) is 0 Å². The first-order chi connectivity index (χ1) is 11.6. The quantitative estimate of drug-likeness (QED) is 0.723. The summed E-state index contributed by atoms with van der Waals surface area (Å²) in [5, 5.41) is 22.9. The lowest BCUT2D eigenvalue weighted by Gasteiger charge is -2.19. The summed E-state index contributed by atoms with van der Waals surface area (Å²) >= 11 is 3.69. The average Bonchev–Trinajstić information content (AvgIpc) is 2.90. The monoisotopic (exact) mass is 398 g/mol. The van der Waals surface area contributed by atoms with E-state index >= 15 is 0 Å². The zero-order valence-electron chi connectivity index (χ0n) is 15.1. The fourth-order valence-corrected chi connectivity index (χ4v) is 3.73. The second kappa shape index (κ2) is 6.29. The molecule has 130 valence electrons. The topological polar surface area (TPSA) is 40.5 Å². The number of hydrogen-bond donors (Lipinski definition) is 2. The fraction of sp³-hybridized carbons (Fsp3) is 0.364. The average molecular weight is 399 g/mol. The van der Waals surface area contributed by atoms with Crippen molar-refractivity contribution in [3.8, 4) is 11.8 Å². The molecule has 0 amide bonds. The van der Waals surface area contributed by atoms with E-state index in [4.69, 9.17) is 0 Å². The molecule has 0 fully saturated rings. The van der Waals surface area contributed by atoms with Gasteiger partial charge in [-0.3, -0.25) is 0 Å². The number of benzene rings is 2. The highest BCUT2D eigenvalue weighted by molar-refractivity contribution is 9.10. The molecule has 1 aliphatic rings. The minimum atomic E-state index is -1.10. The molecule has 2 nitrogen and oxygen atoms in total. The molecule has 0 heterocycles. The standard InChI is InChI=1S/C22H23BrO2/c1-21(2,24)12-11-17(22(3,4)25)13-16-8-7-14-5-6-15-9-10-18(23)20(16)19(14)15/h7-10,13,24-25H,5-6H2,1-4H3/b17-13+. The predicted molar refractivity (Wildman–Crippen MR) is 107 cm³/mol. The SMILES string of the molecule is CC(C)(O)C#C/C(=C\c1ccc2c3c(ccc(Br)c13)CC2)C(C)(C)O. The van der Waals surface area contributed by atoms with E-state index in [1.165, 1.54) is 21.9 Å². The lowest BCUT2D eigenvalue weighted by molar-refractivity contribution is 0.125. The molecule has 1 aliphatic carbocycles. The summed E-state index contributed by atoms with van der Waals surface area (Å²) in [6.45, 7) is 6.70. The molecule has 25 heavy (non-hydrogen) atoms. The molecule has 0 aliphatic heterocycles. The Morgan fingerprint density at radius 2 is 1.60 bits per heavy atom. The van der Waals surface area contributed by atoms with E-state index in [-0.39, 0.29) is 0 Å². The molecule has 0 radical (unpaired) electrons. The van der Waals surface area contributed by atoms with Gasteiger partial charge in [0.2, 0.25) is 0 Å². The van der Waals surface area contributed by atoms with Gasteiger partial charge < -0.3 is 10.2 Å². The molecule has 2 aromatic rings. The fourth-order valence-electron chi connectivity index (χ4n) is 3.17. The van der Waals surface area contributed by atoms with Crippen molar-refractivity contribution < 1.29 is 10.2 Å². The lowest BCUT2D eigenvalue weighted by Crippen LogP contribution is -2.22. The van der Waals surface area contributed by atoms with Gasteiger partial charge in [0.05, 0.1) is 5.60 Å². The van der Waals surface area contributed by atoms with Gasteiger partial charge in [0, 0.05) is 15.4 Å². The van der Waals surface area contributed by atoms with Crippen molar-refractivity contribution in [1.82, 2.24) is 0 Å². The van der Waals surface area contributed by atoms with Crippen LogP contribution in [-0.2, 0) is 12.8 Å². The maximum atomic E-state index is 10.5. The third-order valence-corrected chi connectivity index (χ3v) is 5.10.